The third-order valence-corrected chi connectivity index (χ3v) is 4.40. The van der Waals surface area contributed by atoms with E-state index in [0.717, 1.165) is 39.2 Å². The number of carboxylic acids is 1. The first-order chi connectivity index (χ1) is 15.2. The maximum atomic E-state index is 10.6. The Morgan fingerprint density at radius 3 is 2.41 bits per heavy atom. The van der Waals surface area contributed by atoms with Gasteiger partial charge in [0.2, 0.25) is 0 Å². The van der Waals surface area contributed by atoms with Crippen LogP contribution in [-0.4, -0.2) is 51.2 Å². The first kappa shape index (κ1) is 22.7. The third-order valence-electron chi connectivity index (χ3n) is 4.40. The van der Waals surface area contributed by atoms with E-state index in [1.54, 1.807) is 20.4 Å². The molecule has 0 saturated heterocycles. The van der Waals surface area contributed by atoms with Crippen molar-refractivity contribution in [2.24, 2.45) is 0 Å². The van der Waals surface area contributed by atoms with Gasteiger partial charge >= 0.3 is 12.1 Å². The number of hydrogen-bond donors (Lipinski definition) is 2. The Morgan fingerprint density at radius 2 is 1.81 bits per heavy atom. The molecule has 0 aliphatic carbocycles. The number of aliphatic carboxylic acids is 1. The number of hydrogen-bond acceptors (Lipinski definition) is 5. The molecule has 2 N–H and O–H groups in total. The van der Waals surface area contributed by atoms with Crippen molar-refractivity contribution < 1.29 is 32.5 Å². The van der Waals surface area contributed by atoms with Crippen molar-refractivity contribution in [3.05, 3.63) is 60.7 Å². The largest absolute Gasteiger partial charge is 0.497 e. The fraction of sp³-hybridized carbons (Fsp3) is 0.190. The van der Waals surface area contributed by atoms with Crippen molar-refractivity contribution in [1.29, 1.82) is 0 Å². The van der Waals surface area contributed by atoms with Crippen LogP contribution < -0.4 is 9.47 Å². The van der Waals surface area contributed by atoms with Gasteiger partial charge in [0.1, 0.15) is 17.1 Å². The molecule has 4 rings (SSSR count). The Labute approximate surface area is 180 Å². The van der Waals surface area contributed by atoms with Crippen molar-refractivity contribution in [3.63, 3.8) is 0 Å². The number of aromatic nitrogens is 4. The van der Waals surface area contributed by atoms with Crippen LogP contribution in [-0.2, 0) is 11.3 Å². The molecule has 0 spiro atoms. The lowest BCUT2D eigenvalue weighted by molar-refractivity contribution is -0.192. The van der Waals surface area contributed by atoms with Gasteiger partial charge in [-0.3, -0.25) is 4.68 Å². The van der Waals surface area contributed by atoms with E-state index in [-0.39, 0.29) is 0 Å². The van der Waals surface area contributed by atoms with Crippen molar-refractivity contribution in [2.75, 3.05) is 14.2 Å². The number of aromatic amines is 1. The highest BCUT2D eigenvalue weighted by atomic mass is 19.4. The molecule has 8 nitrogen and oxygen atoms in total. The quantitative estimate of drug-likeness (QED) is 0.476. The fourth-order valence-corrected chi connectivity index (χ4v) is 2.95. The van der Waals surface area contributed by atoms with Crippen LogP contribution in [0.2, 0.25) is 0 Å². The summed E-state index contributed by atoms with van der Waals surface area (Å²) in [5.41, 5.74) is 4.11. The molecule has 4 aromatic rings. The zero-order chi connectivity index (χ0) is 23.3. The number of nitrogens with one attached hydrogen (secondary N) is 1. The Morgan fingerprint density at radius 1 is 1.16 bits per heavy atom. The van der Waals surface area contributed by atoms with Gasteiger partial charge in [0, 0.05) is 35.6 Å². The van der Waals surface area contributed by atoms with Crippen LogP contribution in [0.1, 0.15) is 5.56 Å². The molecule has 0 fully saturated rings. The number of alkyl halides is 3. The lowest BCUT2D eigenvalue weighted by Gasteiger charge is -2.08. The lowest BCUT2D eigenvalue weighted by Crippen LogP contribution is -2.21. The minimum atomic E-state index is -5.08. The normalized spacial score (nSPS) is 11.0. The first-order valence-electron chi connectivity index (χ1n) is 9.18. The number of rotatable bonds is 5. The third kappa shape index (κ3) is 5.36. The van der Waals surface area contributed by atoms with Gasteiger partial charge in [0.25, 0.3) is 0 Å². The molecule has 0 bridgehead atoms. The van der Waals surface area contributed by atoms with Gasteiger partial charge in [-0.05, 0) is 35.4 Å². The number of ether oxygens (including phenoxy) is 2. The van der Waals surface area contributed by atoms with Crippen LogP contribution in [0.5, 0.6) is 11.5 Å². The number of H-pyrrole nitrogens is 1. The summed E-state index contributed by atoms with van der Waals surface area (Å²) < 4.78 is 44.3. The van der Waals surface area contributed by atoms with E-state index >= 15 is 0 Å². The predicted molar refractivity (Wildman–Crippen MR) is 110 cm³/mol. The average molecular weight is 448 g/mol. The second-order valence-electron chi connectivity index (χ2n) is 6.55. The summed E-state index contributed by atoms with van der Waals surface area (Å²) in [5.74, 6) is -1.22. The molecule has 1 aromatic carbocycles. The number of pyridine rings is 1. The highest BCUT2D eigenvalue weighted by Gasteiger charge is 2.38. The summed E-state index contributed by atoms with van der Waals surface area (Å²) in [5, 5.41) is 12.7. The van der Waals surface area contributed by atoms with Crippen LogP contribution in [0.15, 0.2) is 55.1 Å². The highest BCUT2D eigenvalue weighted by molar-refractivity contribution is 5.92. The van der Waals surface area contributed by atoms with Crippen LogP contribution in [0.3, 0.4) is 0 Å². The van der Waals surface area contributed by atoms with Crippen LogP contribution in [0.4, 0.5) is 13.2 Å². The molecule has 0 radical (unpaired) electrons. The van der Waals surface area contributed by atoms with Crippen molar-refractivity contribution in [1.82, 2.24) is 19.7 Å². The fourth-order valence-electron chi connectivity index (χ4n) is 2.95. The number of carbonyl (C=O) groups is 1. The summed E-state index contributed by atoms with van der Waals surface area (Å²) in [7, 11) is 3.30. The number of benzene rings is 1. The smallest absolute Gasteiger partial charge is 0.490 e. The number of methoxy groups -OCH3 is 2. The Hall–Kier alpha value is -4.02. The van der Waals surface area contributed by atoms with Crippen molar-refractivity contribution in [3.8, 4) is 22.6 Å². The summed E-state index contributed by atoms with van der Waals surface area (Å²) in [6, 6.07) is 9.87. The molecular weight excluding hydrogens is 429 g/mol. The molecule has 0 atom stereocenters. The Kier molecular flexibility index (Phi) is 6.67. The zero-order valence-electron chi connectivity index (χ0n) is 17.1. The summed E-state index contributed by atoms with van der Waals surface area (Å²) in [6.07, 6.45) is 2.53. The van der Waals surface area contributed by atoms with E-state index in [9.17, 15) is 13.2 Å². The molecule has 0 amide bonds. The van der Waals surface area contributed by atoms with Crippen molar-refractivity contribution in [2.45, 2.75) is 12.7 Å². The molecule has 0 unspecified atom stereocenters. The average Bonchev–Trinajstić information content (AvgIpc) is 3.42. The van der Waals surface area contributed by atoms with Gasteiger partial charge < -0.3 is 19.6 Å². The monoisotopic (exact) mass is 448 g/mol. The molecule has 0 aliphatic heterocycles. The SMILES string of the molecule is COc1cc(Cn2cc(-c3ccnc4[nH]ccc34)cn2)cc(OC)c1.O=C(O)C(F)(F)F. The Balaban J connectivity index is 0.000000360. The standard InChI is InChI=1S/C19H18N4O2.C2HF3O2/c1-24-15-7-13(8-16(9-15)25-2)11-23-12-14(10-22-23)17-3-5-20-19-18(17)4-6-21-19;3-2(4,5)1(6)7/h3-10,12H,11H2,1-2H3,(H,20,21);(H,6,7). The van der Waals surface area contributed by atoms with E-state index in [1.807, 2.05) is 53.6 Å². The minimum Gasteiger partial charge on any atom is -0.497 e. The van der Waals surface area contributed by atoms with Crippen LogP contribution in [0, 0.1) is 0 Å². The minimum absolute atomic E-state index is 0.634. The summed E-state index contributed by atoms with van der Waals surface area (Å²) in [4.78, 5) is 16.4. The molecule has 32 heavy (non-hydrogen) atoms. The van der Waals surface area contributed by atoms with Gasteiger partial charge in [-0.1, -0.05) is 0 Å². The second kappa shape index (κ2) is 9.41. The first-order valence-corrected chi connectivity index (χ1v) is 9.18. The molecule has 3 heterocycles. The summed E-state index contributed by atoms with van der Waals surface area (Å²) in [6.45, 7) is 0.634. The van der Waals surface area contributed by atoms with E-state index < -0.39 is 12.1 Å². The molecule has 168 valence electrons. The van der Waals surface area contributed by atoms with E-state index in [0.29, 0.717) is 6.54 Å². The van der Waals surface area contributed by atoms with E-state index in [4.69, 9.17) is 19.4 Å². The Bertz CT molecular complexity index is 1190. The lowest BCUT2D eigenvalue weighted by atomic mass is 10.1. The van der Waals surface area contributed by atoms with Gasteiger partial charge in [0.05, 0.1) is 27.0 Å². The number of nitrogens with zero attached hydrogens (tertiary/aromatic N) is 3. The van der Waals surface area contributed by atoms with Crippen molar-refractivity contribution >= 4 is 17.0 Å². The number of halogens is 3. The highest BCUT2D eigenvalue weighted by Crippen LogP contribution is 2.27. The van der Waals surface area contributed by atoms with Gasteiger partial charge in [-0.25, -0.2) is 9.78 Å². The maximum absolute atomic E-state index is 10.6. The maximum Gasteiger partial charge on any atom is 0.490 e. The molecule has 0 aliphatic rings. The molecule has 11 heteroatoms. The van der Waals surface area contributed by atoms with Gasteiger partial charge in [0.15, 0.2) is 0 Å². The second-order valence-corrected chi connectivity index (χ2v) is 6.55. The van der Waals surface area contributed by atoms with Gasteiger partial charge in [-0.2, -0.15) is 18.3 Å². The zero-order valence-corrected chi connectivity index (χ0v) is 17.1. The van der Waals surface area contributed by atoms with Crippen LogP contribution >= 0.6 is 0 Å². The molecule has 0 saturated carbocycles. The topological polar surface area (TPSA) is 102 Å². The number of carboxylic acid groups (broad SMARTS) is 1. The van der Waals surface area contributed by atoms with E-state index in [1.165, 1.54) is 0 Å². The van der Waals surface area contributed by atoms with Gasteiger partial charge in [-0.15, -0.1) is 0 Å². The molecular formula is C21H19F3N4O4. The number of fused-ring (bicyclic) bond motifs is 1. The molecule has 3 aromatic heterocycles. The predicted octanol–water partition coefficient (Wildman–Crippen LogP) is 4.13. The van der Waals surface area contributed by atoms with Crippen LogP contribution in [0.25, 0.3) is 22.2 Å². The van der Waals surface area contributed by atoms with E-state index in [2.05, 4.69) is 15.1 Å². The summed E-state index contributed by atoms with van der Waals surface area (Å²) >= 11 is 0.